The van der Waals surface area contributed by atoms with Gasteiger partial charge >= 0.3 is 0 Å². The first kappa shape index (κ1) is 28.6. The summed E-state index contributed by atoms with van der Waals surface area (Å²) in [5.74, 6) is 0. The molecule has 0 radical (unpaired) electrons. The molecular formula is C39H50N+. The van der Waals surface area contributed by atoms with Crippen LogP contribution in [0.1, 0.15) is 107 Å². The monoisotopic (exact) mass is 532 g/mol. The van der Waals surface area contributed by atoms with Gasteiger partial charge < -0.3 is 0 Å². The van der Waals surface area contributed by atoms with Crippen LogP contribution in [0.3, 0.4) is 0 Å². The van der Waals surface area contributed by atoms with Gasteiger partial charge in [-0.15, -0.1) is 0 Å². The minimum Gasteiger partial charge on any atom is -0.194 e. The molecule has 0 spiro atoms. The van der Waals surface area contributed by atoms with E-state index in [1.54, 1.807) is 16.7 Å². The zero-order chi connectivity index (χ0) is 29.6. The van der Waals surface area contributed by atoms with Crippen molar-refractivity contribution in [2.24, 2.45) is 7.05 Å². The van der Waals surface area contributed by atoms with E-state index in [1.807, 2.05) is 0 Å². The fraction of sp³-hybridized carbons (Fsp3) is 0.462. The third kappa shape index (κ3) is 3.55. The van der Waals surface area contributed by atoms with Gasteiger partial charge in [0.15, 0.2) is 0 Å². The summed E-state index contributed by atoms with van der Waals surface area (Å²) in [6.45, 7) is 30.6. The fourth-order valence-electron chi connectivity index (χ4n) is 8.62. The fourth-order valence-corrected chi connectivity index (χ4v) is 8.62. The van der Waals surface area contributed by atoms with Crippen LogP contribution in [0.2, 0.25) is 0 Å². The lowest BCUT2D eigenvalue weighted by atomic mass is 9.76. The van der Waals surface area contributed by atoms with Crippen molar-refractivity contribution in [3.05, 3.63) is 84.5 Å². The SMILES string of the molecule is CCc1c(C)c2c(c(C)c1CC)C(C)(C)c1cc(-c3c(CC)c(C)c4c(C)c(C)c(C)c(C)c4[n+]3C)c(C)cc1-2. The van der Waals surface area contributed by atoms with Crippen molar-refractivity contribution in [2.75, 3.05) is 0 Å². The van der Waals surface area contributed by atoms with E-state index in [0.29, 0.717) is 0 Å². The van der Waals surface area contributed by atoms with Crippen LogP contribution in [0, 0.1) is 55.4 Å². The zero-order valence-electron chi connectivity index (χ0n) is 27.7. The number of hydrogen-bond acceptors (Lipinski definition) is 0. The number of benzene rings is 3. The summed E-state index contributed by atoms with van der Waals surface area (Å²) in [5, 5.41) is 1.45. The van der Waals surface area contributed by atoms with Gasteiger partial charge in [-0.05, 0) is 153 Å². The number of fused-ring (bicyclic) bond motifs is 4. The van der Waals surface area contributed by atoms with Crippen LogP contribution in [0.15, 0.2) is 12.1 Å². The summed E-state index contributed by atoms with van der Waals surface area (Å²) in [6, 6.07) is 5.09. The van der Waals surface area contributed by atoms with Crippen LogP contribution in [-0.2, 0) is 31.7 Å². The highest BCUT2D eigenvalue weighted by atomic mass is 14.9. The van der Waals surface area contributed by atoms with Crippen molar-refractivity contribution >= 4 is 10.9 Å². The summed E-state index contributed by atoms with van der Waals surface area (Å²) in [6.07, 6.45) is 3.22. The van der Waals surface area contributed by atoms with Gasteiger partial charge in [0.25, 0.3) is 0 Å². The second kappa shape index (κ2) is 9.57. The number of nitrogens with zero attached hydrogens (tertiary/aromatic N) is 1. The van der Waals surface area contributed by atoms with Crippen LogP contribution in [-0.4, -0.2) is 0 Å². The quantitative estimate of drug-likeness (QED) is 0.230. The first-order valence-electron chi connectivity index (χ1n) is 15.5. The van der Waals surface area contributed by atoms with Crippen LogP contribution in [0.4, 0.5) is 0 Å². The van der Waals surface area contributed by atoms with E-state index in [9.17, 15) is 0 Å². The van der Waals surface area contributed by atoms with Gasteiger partial charge in [-0.3, -0.25) is 0 Å². The maximum Gasteiger partial charge on any atom is 0.216 e. The normalized spacial score (nSPS) is 13.8. The molecule has 1 aromatic heterocycles. The molecule has 0 atom stereocenters. The van der Waals surface area contributed by atoms with Gasteiger partial charge in [-0.25, -0.2) is 0 Å². The van der Waals surface area contributed by atoms with Gasteiger partial charge in [0.1, 0.15) is 7.05 Å². The van der Waals surface area contributed by atoms with Crippen molar-refractivity contribution in [1.82, 2.24) is 0 Å². The van der Waals surface area contributed by atoms with E-state index in [4.69, 9.17) is 0 Å². The molecule has 3 aromatic carbocycles. The van der Waals surface area contributed by atoms with Crippen LogP contribution in [0.25, 0.3) is 33.3 Å². The molecule has 5 rings (SSSR count). The van der Waals surface area contributed by atoms with Crippen LogP contribution < -0.4 is 4.57 Å². The molecule has 1 heteroatoms. The average molecular weight is 533 g/mol. The van der Waals surface area contributed by atoms with Gasteiger partial charge in [-0.1, -0.05) is 40.7 Å². The zero-order valence-corrected chi connectivity index (χ0v) is 27.7. The Hall–Kier alpha value is -2.93. The summed E-state index contributed by atoms with van der Waals surface area (Å²) in [7, 11) is 2.30. The van der Waals surface area contributed by atoms with E-state index in [0.717, 1.165) is 19.3 Å². The molecule has 210 valence electrons. The summed E-state index contributed by atoms with van der Waals surface area (Å²) in [4.78, 5) is 0. The minimum atomic E-state index is -0.0325. The molecule has 0 unspecified atom stereocenters. The highest BCUT2D eigenvalue weighted by Crippen LogP contribution is 2.54. The first-order valence-corrected chi connectivity index (χ1v) is 15.5. The lowest BCUT2D eigenvalue weighted by molar-refractivity contribution is -0.634. The molecule has 0 saturated carbocycles. The lowest BCUT2D eigenvalue weighted by Crippen LogP contribution is -2.35. The van der Waals surface area contributed by atoms with E-state index < -0.39 is 0 Å². The third-order valence-corrected chi connectivity index (χ3v) is 11.0. The second-order valence-corrected chi connectivity index (χ2v) is 13.1. The third-order valence-electron chi connectivity index (χ3n) is 11.0. The Kier molecular flexibility index (Phi) is 6.84. The van der Waals surface area contributed by atoms with E-state index >= 15 is 0 Å². The van der Waals surface area contributed by atoms with E-state index in [-0.39, 0.29) is 5.41 Å². The molecule has 0 bridgehead atoms. The van der Waals surface area contributed by atoms with E-state index in [1.165, 1.54) is 88.9 Å². The highest BCUT2D eigenvalue weighted by Gasteiger charge is 2.40. The Morgan fingerprint density at radius 3 is 1.73 bits per heavy atom. The number of aromatic nitrogens is 1. The van der Waals surface area contributed by atoms with Gasteiger partial charge in [0.05, 0.1) is 5.39 Å². The Balaban J connectivity index is 1.91. The molecule has 1 aliphatic carbocycles. The van der Waals surface area contributed by atoms with Gasteiger partial charge in [-0.2, -0.15) is 4.57 Å². The highest BCUT2D eigenvalue weighted by molar-refractivity contribution is 5.92. The molecular weight excluding hydrogens is 482 g/mol. The Labute approximate surface area is 243 Å². The maximum atomic E-state index is 2.57. The van der Waals surface area contributed by atoms with Gasteiger partial charge in [0, 0.05) is 22.1 Å². The first-order chi connectivity index (χ1) is 18.8. The molecule has 0 N–H and O–H groups in total. The minimum absolute atomic E-state index is 0.0325. The Bertz CT molecular complexity index is 1740. The molecule has 1 heterocycles. The Morgan fingerprint density at radius 2 is 1.15 bits per heavy atom. The molecule has 0 amide bonds. The standard InChI is InChI=1S/C39H50N/c1-15-28-25(9)35-32-18-20(4)31(19-33(32)39(12,13)36(35)27(11)29(28)16-2)38-30(17-3)26(10)34-23(7)21(5)22(6)24(8)37(34)40(38)14/h18-19H,15-17H2,1-14H3/q+1. The molecule has 4 aromatic rings. The molecule has 0 fully saturated rings. The van der Waals surface area contributed by atoms with Crippen molar-refractivity contribution in [1.29, 1.82) is 0 Å². The molecule has 1 aliphatic rings. The average Bonchev–Trinajstić information content (AvgIpc) is 3.14. The molecule has 0 saturated heterocycles. The summed E-state index contributed by atoms with van der Waals surface area (Å²) < 4.78 is 2.53. The number of pyridine rings is 1. The lowest BCUT2D eigenvalue weighted by Gasteiger charge is -2.27. The van der Waals surface area contributed by atoms with Gasteiger partial charge in [0.2, 0.25) is 11.2 Å². The smallest absolute Gasteiger partial charge is 0.194 e. The van der Waals surface area contributed by atoms with Crippen molar-refractivity contribution in [3.63, 3.8) is 0 Å². The van der Waals surface area contributed by atoms with Crippen LogP contribution >= 0.6 is 0 Å². The summed E-state index contributed by atoms with van der Waals surface area (Å²) in [5.41, 5.74) is 26.3. The van der Waals surface area contributed by atoms with Crippen molar-refractivity contribution in [2.45, 2.75) is 115 Å². The number of rotatable bonds is 4. The van der Waals surface area contributed by atoms with Crippen LogP contribution in [0.5, 0.6) is 0 Å². The second-order valence-electron chi connectivity index (χ2n) is 13.1. The van der Waals surface area contributed by atoms with Crippen molar-refractivity contribution < 1.29 is 4.57 Å². The maximum absolute atomic E-state index is 2.57. The number of hydrogen-bond donors (Lipinski definition) is 0. The predicted molar refractivity (Wildman–Crippen MR) is 174 cm³/mol. The van der Waals surface area contributed by atoms with Crippen molar-refractivity contribution in [3.8, 4) is 22.4 Å². The van der Waals surface area contributed by atoms with E-state index in [2.05, 4.69) is 114 Å². The molecule has 1 nitrogen and oxygen atoms in total. The predicted octanol–water partition coefficient (Wildman–Crippen LogP) is 9.79. The number of aryl methyl sites for hydroxylation is 5. The molecule has 40 heavy (non-hydrogen) atoms. The topological polar surface area (TPSA) is 3.88 Å². The Morgan fingerprint density at radius 1 is 0.600 bits per heavy atom. The summed E-state index contributed by atoms with van der Waals surface area (Å²) >= 11 is 0. The largest absolute Gasteiger partial charge is 0.216 e. The molecule has 0 aliphatic heterocycles.